The Labute approximate surface area is 111 Å². The maximum atomic E-state index is 4.35. The van der Waals surface area contributed by atoms with Crippen LogP contribution < -0.4 is 5.32 Å². The van der Waals surface area contributed by atoms with Gasteiger partial charge in [-0.15, -0.1) is 0 Å². The molecule has 0 atom stereocenters. The monoisotopic (exact) mass is 249 g/mol. The molecular formula is C15H27N3. The van der Waals surface area contributed by atoms with Gasteiger partial charge >= 0.3 is 0 Å². The van der Waals surface area contributed by atoms with Gasteiger partial charge in [-0.1, -0.05) is 26.8 Å². The lowest BCUT2D eigenvalue weighted by molar-refractivity contribution is 0.557. The van der Waals surface area contributed by atoms with Gasteiger partial charge in [-0.2, -0.15) is 5.10 Å². The molecule has 0 aliphatic rings. The fourth-order valence-electron chi connectivity index (χ4n) is 1.82. The molecule has 1 N–H and O–H groups in total. The average Bonchev–Trinajstić information content (AvgIpc) is 2.77. The van der Waals surface area contributed by atoms with Gasteiger partial charge in [0, 0.05) is 18.3 Å². The number of nitrogens with zero attached hydrogens (tertiary/aromatic N) is 2. The van der Waals surface area contributed by atoms with E-state index in [0.29, 0.717) is 0 Å². The largest absolute Gasteiger partial charge is 0.316 e. The molecule has 0 radical (unpaired) electrons. The Hall–Kier alpha value is -1.09. The van der Waals surface area contributed by atoms with Crippen LogP contribution in [-0.2, 0) is 6.54 Å². The van der Waals surface area contributed by atoms with Crippen molar-refractivity contribution in [2.75, 3.05) is 13.1 Å². The van der Waals surface area contributed by atoms with Gasteiger partial charge in [0.1, 0.15) is 0 Å². The maximum absolute atomic E-state index is 4.35. The van der Waals surface area contributed by atoms with Gasteiger partial charge in [0.2, 0.25) is 0 Å². The molecule has 0 saturated heterocycles. The highest BCUT2D eigenvalue weighted by Gasteiger charge is 1.99. The summed E-state index contributed by atoms with van der Waals surface area (Å²) in [5, 5.41) is 7.81. The number of hydrogen-bond acceptors (Lipinski definition) is 2. The number of nitrogens with one attached hydrogen (secondary N) is 1. The summed E-state index contributed by atoms with van der Waals surface area (Å²) in [7, 11) is 0. The first kappa shape index (κ1) is 15.0. The lowest BCUT2D eigenvalue weighted by atomic mass is 10.1. The Morgan fingerprint density at radius 1 is 1.50 bits per heavy atom. The van der Waals surface area contributed by atoms with E-state index in [2.05, 4.69) is 50.4 Å². The van der Waals surface area contributed by atoms with Gasteiger partial charge in [0.25, 0.3) is 0 Å². The molecule has 0 spiro atoms. The minimum absolute atomic E-state index is 0.724. The summed E-state index contributed by atoms with van der Waals surface area (Å²) >= 11 is 0. The SMILES string of the molecule is CCCn1cc(C(C)=CCCNCC(C)C)cn1. The van der Waals surface area contributed by atoms with E-state index in [1.54, 1.807) is 0 Å². The molecule has 0 saturated carbocycles. The Morgan fingerprint density at radius 3 is 2.94 bits per heavy atom. The Balaban J connectivity index is 2.35. The highest BCUT2D eigenvalue weighted by Crippen LogP contribution is 2.13. The normalized spacial score (nSPS) is 12.4. The smallest absolute Gasteiger partial charge is 0.0564 e. The molecule has 0 aliphatic carbocycles. The van der Waals surface area contributed by atoms with E-state index in [0.717, 1.165) is 38.4 Å². The van der Waals surface area contributed by atoms with Gasteiger partial charge in [-0.25, -0.2) is 0 Å². The zero-order valence-electron chi connectivity index (χ0n) is 12.2. The summed E-state index contributed by atoms with van der Waals surface area (Å²) in [5.74, 6) is 0.724. The molecular weight excluding hydrogens is 222 g/mol. The van der Waals surface area contributed by atoms with E-state index in [-0.39, 0.29) is 0 Å². The van der Waals surface area contributed by atoms with Crippen molar-refractivity contribution in [1.82, 2.24) is 15.1 Å². The van der Waals surface area contributed by atoms with Crippen LogP contribution >= 0.6 is 0 Å². The minimum Gasteiger partial charge on any atom is -0.316 e. The first-order chi connectivity index (χ1) is 8.63. The summed E-state index contributed by atoms with van der Waals surface area (Å²) in [6.07, 6.45) is 8.60. The summed E-state index contributed by atoms with van der Waals surface area (Å²) in [6, 6.07) is 0. The molecule has 102 valence electrons. The van der Waals surface area contributed by atoms with Crippen molar-refractivity contribution in [3.05, 3.63) is 24.0 Å². The molecule has 1 rings (SSSR count). The standard InChI is InChI=1S/C15H27N3/c1-5-9-18-12-15(11-17-18)14(4)7-6-8-16-10-13(2)3/h7,11-13,16H,5-6,8-10H2,1-4H3. The molecule has 1 aromatic rings. The van der Waals surface area contributed by atoms with Gasteiger partial charge < -0.3 is 5.32 Å². The van der Waals surface area contributed by atoms with Gasteiger partial charge in [0.05, 0.1) is 6.20 Å². The maximum Gasteiger partial charge on any atom is 0.0564 e. The van der Waals surface area contributed by atoms with Crippen molar-refractivity contribution in [3.8, 4) is 0 Å². The van der Waals surface area contributed by atoms with Gasteiger partial charge in [0.15, 0.2) is 0 Å². The first-order valence-electron chi connectivity index (χ1n) is 7.03. The van der Waals surface area contributed by atoms with Crippen LogP contribution in [0.1, 0.15) is 46.1 Å². The van der Waals surface area contributed by atoms with Crippen molar-refractivity contribution in [2.45, 2.75) is 47.1 Å². The molecule has 0 bridgehead atoms. The third-order valence-electron chi connectivity index (χ3n) is 2.87. The Bertz CT molecular complexity index is 364. The summed E-state index contributed by atoms with van der Waals surface area (Å²) in [6.45, 7) is 12.0. The molecule has 3 nitrogen and oxygen atoms in total. The van der Waals surface area contributed by atoms with E-state index in [4.69, 9.17) is 0 Å². The molecule has 18 heavy (non-hydrogen) atoms. The average molecular weight is 249 g/mol. The fourth-order valence-corrected chi connectivity index (χ4v) is 1.82. The molecule has 0 fully saturated rings. The predicted molar refractivity (Wildman–Crippen MR) is 78.5 cm³/mol. The predicted octanol–water partition coefficient (Wildman–Crippen LogP) is 3.33. The van der Waals surface area contributed by atoms with E-state index < -0.39 is 0 Å². The number of allylic oxidation sites excluding steroid dienone is 1. The van der Waals surface area contributed by atoms with Crippen molar-refractivity contribution in [2.24, 2.45) is 5.92 Å². The third-order valence-corrected chi connectivity index (χ3v) is 2.87. The molecule has 0 amide bonds. The van der Waals surface area contributed by atoms with Crippen molar-refractivity contribution < 1.29 is 0 Å². The number of rotatable bonds is 8. The van der Waals surface area contributed by atoms with Crippen LogP contribution in [0.3, 0.4) is 0 Å². The number of aromatic nitrogens is 2. The van der Waals surface area contributed by atoms with E-state index in [9.17, 15) is 0 Å². The Kier molecular flexibility index (Phi) is 6.73. The molecule has 0 aromatic carbocycles. The molecule has 0 unspecified atom stereocenters. The number of hydrogen-bond donors (Lipinski definition) is 1. The van der Waals surface area contributed by atoms with Gasteiger partial charge in [-0.05, 0) is 44.3 Å². The second-order valence-corrected chi connectivity index (χ2v) is 5.27. The van der Waals surface area contributed by atoms with Crippen LogP contribution in [-0.4, -0.2) is 22.9 Å². The van der Waals surface area contributed by atoms with Crippen LogP contribution in [0.4, 0.5) is 0 Å². The van der Waals surface area contributed by atoms with E-state index in [1.165, 1.54) is 11.1 Å². The van der Waals surface area contributed by atoms with Crippen molar-refractivity contribution in [3.63, 3.8) is 0 Å². The zero-order chi connectivity index (χ0) is 13.4. The summed E-state index contributed by atoms with van der Waals surface area (Å²) < 4.78 is 2.02. The van der Waals surface area contributed by atoms with Crippen LogP contribution in [0.2, 0.25) is 0 Å². The van der Waals surface area contributed by atoms with Crippen LogP contribution in [0.15, 0.2) is 18.5 Å². The van der Waals surface area contributed by atoms with Crippen molar-refractivity contribution in [1.29, 1.82) is 0 Å². The highest BCUT2D eigenvalue weighted by molar-refractivity contribution is 5.62. The molecule has 3 heteroatoms. The Morgan fingerprint density at radius 2 is 2.28 bits per heavy atom. The van der Waals surface area contributed by atoms with Gasteiger partial charge in [-0.3, -0.25) is 4.68 Å². The summed E-state index contributed by atoms with van der Waals surface area (Å²) in [4.78, 5) is 0. The van der Waals surface area contributed by atoms with E-state index >= 15 is 0 Å². The molecule has 1 heterocycles. The quantitative estimate of drug-likeness (QED) is 0.716. The first-order valence-corrected chi connectivity index (χ1v) is 7.03. The zero-order valence-corrected chi connectivity index (χ0v) is 12.2. The fraction of sp³-hybridized carbons (Fsp3) is 0.667. The topological polar surface area (TPSA) is 29.9 Å². The van der Waals surface area contributed by atoms with Crippen LogP contribution in [0.25, 0.3) is 5.57 Å². The highest BCUT2D eigenvalue weighted by atomic mass is 15.3. The third kappa shape index (κ3) is 5.50. The van der Waals surface area contributed by atoms with Crippen LogP contribution in [0.5, 0.6) is 0 Å². The molecule has 1 aromatic heterocycles. The van der Waals surface area contributed by atoms with E-state index in [1.807, 2.05) is 10.9 Å². The molecule has 0 aliphatic heterocycles. The van der Waals surface area contributed by atoms with Crippen molar-refractivity contribution >= 4 is 5.57 Å². The number of aryl methyl sites for hydroxylation is 1. The minimum atomic E-state index is 0.724. The van der Waals surface area contributed by atoms with Crippen LogP contribution in [0, 0.1) is 5.92 Å². The summed E-state index contributed by atoms with van der Waals surface area (Å²) in [5.41, 5.74) is 2.57. The second kappa shape index (κ2) is 8.09. The lowest BCUT2D eigenvalue weighted by Gasteiger charge is -2.05. The lowest BCUT2D eigenvalue weighted by Crippen LogP contribution is -2.20. The second-order valence-electron chi connectivity index (χ2n) is 5.27.